The molecule has 2 nitrogen and oxygen atoms in total. The number of hydrogen-bond donors (Lipinski definition) is 1. The van der Waals surface area contributed by atoms with E-state index in [1.165, 1.54) is 132 Å². The molecule has 0 aliphatic carbocycles. The molecule has 0 fully saturated rings. The van der Waals surface area contributed by atoms with Crippen LogP contribution < -0.4 is 0 Å². The monoisotopic (exact) mass is 1040 g/mol. The zero-order valence-electron chi connectivity index (χ0n) is 37.9. The van der Waals surface area contributed by atoms with Crippen LogP contribution in [0.4, 0.5) is 0 Å². The summed E-state index contributed by atoms with van der Waals surface area (Å²) in [4.78, 5) is 3.46. The van der Waals surface area contributed by atoms with E-state index >= 15 is 0 Å². The summed E-state index contributed by atoms with van der Waals surface area (Å²) >= 11 is 10.9. The lowest BCUT2D eigenvalue weighted by Crippen LogP contribution is -1.93. The van der Waals surface area contributed by atoms with Gasteiger partial charge in [0.2, 0.25) is 0 Å². The van der Waals surface area contributed by atoms with E-state index in [-0.39, 0.29) is 0 Å². The molecule has 6 heterocycles. The number of halogens is 1. The first-order chi connectivity index (χ1) is 35.1. The summed E-state index contributed by atoms with van der Waals surface area (Å²) in [6, 6.07) is 79.0. The Labute approximate surface area is 433 Å². The van der Waals surface area contributed by atoms with Crippen LogP contribution in [0.15, 0.2) is 234 Å². The summed E-state index contributed by atoms with van der Waals surface area (Å²) in [6.45, 7) is 0. The molecule has 0 atom stereocenters. The minimum Gasteiger partial charge on any atom is -0.354 e. The maximum atomic E-state index is 3.50. The van der Waals surface area contributed by atoms with Crippen molar-refractivity contribution in [2.75, 3.05) is 0 Å². The average Bonchev–Trinajstić information content (AvgIpc) is 4.30. The topological polar surface area (TPSA) is 20.7 Å². The molecule has 0 radical (unpaired) electrons. The van der Waals surface area contributed by atoms with Gasteiger partial charge in [-0.1, -0.05) is 149 Å². The van der Waals surface area contributed by atoms with Crippen LogP contribution in [-0.4, -0.2) is 9.55 Å². The van der Waals surface area contributed by atoms with E-state index < -0.39 is 0 Å². The fourth-order valence-corrected chi connectivity index (χ4v) is 14.7. The fraction of sp³-hybridized carbons (Fsp3) is 0. The molecule has 10 aromatic carbocycles. The van der Waals surface area contributed by atoms with Gasteiger partial charge in [-0.05, 0) is 129 Å². The van der Waals surface area contributed by atoms with Crippen LogP contribution in [0.1, 0.15) is 0 Å². The molecular formula is C64H39BrN2S4. The number of rotatable bonds is 3. The molecule has 1 N–H and O–H groups in total. The standard InChI is InChI=1S/C32H19NS2.C18H11BrS.C14H9NS/c1-3-10-28-24(6-1)27-19-31-21(16-17-34-31)18-29(27)33(28)22-14-12-20(13-15-22)23-8-5-9-26-25-7-2-4-11-30(25)35-32(23)26;19-13-10-8-12(9-11-13)14-5-3-6-16-15-4-1-2-7-17(15)20-18(14)16;1-2-4-12-10(3-1)11-8-14-9(5-6-16-14)7-13(11)15-12/h1-19H;1-11H;1-8,15H. The number of H-pyrrole nitrogens is 1. The number of nitrogens with one attached hydrogen (secondary N) is 1. The predicted octanol–water partition coefficient (Wildman–Crippen LogP) is 21.1. The Balaban J connectivity index is 0.000000110. The van der Waals surface area contributed by atoms with Gasteiger partial charge in [0.25, 0.3) is 0 Å². The number of aromatic amines is 1. The van der Waals surface area contributed by atoms with Gasteiger partial charge in [0.15, 0.2) is 0 Å². The van der Waals surface area contributed by atoms with Gasteiger partial charge in [-0.25, -0.2) is 0 Å². The lowest BCUT2D eigenvalue weighted by atomic mass is 10.0. The largest absolute Gasteiger partial charge is 0.354 e. The van der Waals surface area contributed by atoms with E-state index in [2.05, 4.69) is 255 Å². The Morgan fingerprint density at radius 1 is 0.352 bits per heavy atom. The maximum absolute atomic E-state index is 3.50. The van der Waals surface area contributed by atoms with Gasteiger partial charge in [-0.2, -0.15) is 0 Å². The molecule has 7 heteroatoms. The van der Waals surface area contributed by atoms with Crippen LogP contribution in [0.3, 0.4) is 0 Å². The highest BCUT2D eigenvalue weighted by Gasteiger charge is 2.16. The Kier molecular flexibility index (Phi) is 10.5. The highest BCUT2D eigenvalue weighted by molar-refractivity contribution is 9.10. The first-order valence-electron chi connectivity index (χ1n) is 23.5. The van der Waals surface area contributed by atoms with Crippen molar-refractivity contribution in [2.24, 2.45) is 0 Å². The first kappa shape index (κ1) is 42.5. The second-order valence-corrected chi connectivity index (χ2v) is 22.7. The van der Waals surface area contributed by atoms with Gasteiger partial charge in [0, 0.05) is 92.5 Å². The molecule has 336 valence electrons. The Morgan fingerprint density at radius 2 is 0.873 bits per heavy atom. The van der Waals surface area contributed by atoms with E-state index in [1.54, 1.807) is 11.3 Å². The van der Waals surface area contributed by atoms with Gasteiger partial charge in [0.1, 0.15) is 0 Å². The van der Waals surface area contributed by atoms with Crippen molar-refractivity contribution in [2.45, 2.75) is 0 Å². The highest BCUT2D eigenvalue weighted by atomic mass is 79.9. The second kappa shape index (κ2) is 17.5. The van der Waals surface area contributed by atoms with Crippen molar-refractivity contribution < 1.29 is 0 Å². The van der Waals surface area contributed by atoms with Crippen LogP contribution in [0.5, 0.6) is 0 Å². The van der Waals surface area contributed by atoms with Crippen molar-refractivity contribution in [1.82, 2.24) is 9.55 Å². The molecule has 6 aromatic heterocycles. The fourth-order valence-electron chi connectivity index (χ4n) is 10.4. The highest BCUT2D eigenvalue weighted by Crippen LogP contribution is 2.43. The van der Waals surface area contributed by atoms with Crippen LogP contribution >= 0.6 is 61.3 Å². The Hall–Kier alpha value is -7.36. The van der Waals surface area contributed by atoms with Crippen LogP contribution in [0.2, 0.25) is 0 Å². The van der Waals surface area contributed by atoms with Crippen molar-refractivity contribution in [3.05, 3.63) is 234 Å². The minimum absolute atomic E-state index is 1.12. The average molecular weight is 1040 g/mol. The van der Waals surface area contributed by atoms with Gasteiger partial charge < -0.3 is 9.55 Å². The number of nitrogens with zero attached hydrogens (tertiary/aromatic N) is 1. The molecular weight excluding hydrogens is 1000 g/mol. The number of thiophene rings is 4. The number of aromatic nitrogens is 2. The molecule has 0 aliphatic rings. The molecule has 16 aromatic rings. The minimum atomic E-state index is 1.12. The third-order valence-electron chi connectivity index (χ3n) is 13.7. The molecule has 0 bridgehead atoms. The predicted molar refractivity (Wildman–Crippen MR) is 318 cm³/mol. The number of fused-ring (bicyclic) bond motifs is 14. The van der Waals surface area contributed by atoms with E-state index in [0.717, 1.165) is 4.47 Å². The maximum Gasteiger partial charge on any atom is 0.0548 e. The lowest BCUT2D eigenvalue weighted by molar-refractivity contribution is 1.18. The van der Waals surface area contributed by atoms with Crippen molar-refractivity contribution in [1.29, 1.82) is 0 Å². The van der Waals surface area contributed by atoms with Crippen LogP contribution in [0, 0.1) is 0 Å². The summed E-state index contributed by atoms with van der Waals surface area (Å²) in [5.41, 5.74) is 11.3. The van der Waals surface area contributed by atoms with Gasteiger partial charge in [-0.3, -0.25) is 0 Å². The van der Waals surface area contributed by atoms with Crippen LogP contribution in [-0.2, 0) is 0 Å². The summed E-state index contributed by atoms with van der Waals surface area (Å²) in [7, 11) is 0. The van der Waals surface area contributed by atoms with Gasteiger partial charge >= 0.3 is 0 Å². The Morgan fingerprint density at radius 3 is 1.52 bits per heavy atom. The van der Waals surface area contributed by atoms with Gasteiger partial charge in [0.05, 0.1) is 11.0 Å². The van der Waals surface area contributed by atoms with E-state index in [1.807, 2.05) is 34.0 Å². The molecule has 16 rings (SSSR count). The number of hydrogen-bond acceptors (Lipinski definition) is 4. The molecule has 0 amide bonds. The van der Waals surface area contributed by atoms with Crippen molar-refractivity contribution in [3.8, 4) is 27.9 Å². The SMILES string of the molecule is Brc1ccc(-c2cccc3c2sc2ccccc23)cc1.c1ccc2c(c1)[nH]c1cc3ccsc3cc12.c1ccc2c(c1)sc1c(-c3ccc(-n4c5ccccc5c5cc6sccc6cc54)cc3)cccc12. The molecule has 0 saturated heterocycles. The molecule has 0 saturated carbocycles. The summed E-state index contributed by atoms with van der Waals surface area (Å²) in [5, 5.41) is 17.6. The van der Waals surface area contributed by atoms with Crippen molar-refractivity contribution in [3.63, 3.8) is 0 Å². The second-order valence-electron chi connectivity index (χ2n) is 17.8. The first-order valence-corrected chi connectivity index (χ1v) is 27.7. The third-order valence-corrected chi connectivity index (χ3v) is 18.5. The molecule has 0 spiro atoms. The summed E-state index contributed by atoms with van der Waals surface area (Å²) in [5.74, 6) is 0. The quantitative estimate of drug-likeness (QED) is 0.182. The zero-order valence-corrected chi connectivity index (χ0v) is 42.7. The molecule has 0 unspecified atom stereocenters. The van der Waals surface area contributed by atoms with Crippen molar-refractivity contribution >= 4 is 165 Å². The summed E-state index contributed by atoms with van der Waals surface area (Å²) in [6.07, 6.45) is 0. The Bertz CT molecular complexity index is 4660. The van der Waals surface area contributed by atoms with Crippen LogP contribution in [0.25, 0.3) is 132 Å². The number of para-hydroxylation sites is 2. The smallest absolute Gasteiger partial charge is 0.0548 e. The molecule has 0 aliphatic heterocycles. The lowest BCUT2D eigenvalue weighted by Gasteiger charge is -2.10. The normalized spacial score (nSPS) is 11.7. The van der Waals surface area contributed by atoms with E-state index in [4.69, 9.17) is 0 Å². The third kappa shape index (κ3) is 7.38. The van der Waals surface area contributed by atoms with E-state index in [0.29, 0.717) is 0 Å². The summed E-state index contributed by atoms with van der Waals surface area (Å²) < 4.78 is 11.7. The van der Waals surface area contributed by atoms with E-state index in [9.17, 15) is 0 Å². The number of benzene rings is 10. The van der Waals surface area contributed by atoms with Gasteiger partial charge in [-0.15, -0.1) is 45.3 Å². The zero-order chi connectivity index (χ0) is 47.0. The molecule has 71 heavy (non-hydrogen) atoms.